The molecular weight excluding hydrogens is 480 g/mol. The van der Waals surface area contributed by atoms with E-state index in [1.807, 2.05) is 57.2 Å². The quantitative estimate of drug-likeness (QED) is 0.307. The summed E-state index contributed by atoms with van der Waals surface area (Å²) in [6.45, 7) is 9.42. The third kappa shape index (κ3) is 7.42. The van der Waals surface area contributed by atoms with Gasteiger partial charge in [-0.2, -0.15) is 0 Å². The molecule has 0 atom stereocenters. The van der Waals surface area contributed by atoms with Crippen LogP contribution in [0.5, 0.6) is 0 Å². The summed E-state index contributed by atoms with van der Waals surface area (Å²) >= 11 is 0. The summed E-state index contributed by atoms with van der Waals surface area (Å²) in [5.74, 6) is 5.80. The number of rotatable bonds is 4. The molecule has 2 heterocycles. The Hall–Kier alpha value is -4.19. The first kappa shape index (κ1) is 26.9. The molecule has 1 aliphatic heterocycles. The average Bonchev–Trinajstić information content (AvgIpc) is 2.92. The lowest BCUT2D eigenvalue weighted by Crippen LogP contribution is -2.49. The van der Waals surface area contributed by atoms with Crippen molar-refractivity contribution in [2.24, 2.45) is 0 Å². The largest absolute Gasteiger partial charge is 0.444 e. The van der Waals surface area contributed by atoms with Gasteiger partial charge in [0, 0.05) is 61.2 Å². The second-order valence-electron chi connectivity index (χ2n) is 10.1. The van der Waals surface area contributed by atoms with Gasteiger partial charge in [-0.3, -0.25) is 19.9 Å². The number of nitrogens with one attached hydrogen (secondary N) is 1. The predicted molar refractivity (Wildman–Crippen MR) is 144 cm³/mol. The third-order valence-electron chi connectivity index (χ3n) is 6.04. The van der Waals surface area contributed by atoms with E-state index in [4.69, 9.17) is 9.94 Å². The Bertz CT molecular complexity index is 1330. The van der Waals surface area contributed by atoms with Crippen molar-refractivity contribution in [1.29, 1.82) is 0 Å². The number of carbonyl (C=O) groups excluding carboxylic acids is 2. The van der Waals surface area contributed by atoms with E-state index in [2.05, 4.69) is 33.9 Å². The van der Waals surface area contributed by atoms with Crippen molar-refractivity contribution >= 4 is 12.0 Å². The summed E-state index contributed by atoms with van der Waals surface area (Å²) < 4.78 is 5.47. The fourth-order valence-electron chi connectivity index (χ4n) is 4.03. The van der Waals surface area contributed by atoms with Gasteiger partial charge in [0.2, 0.25) is 0 Å². The van der Waals surface area contributed by atoms with Crippen LogP contribution in [0, 0.1) is 11.8 Å². The van der Waals surface area contributed by atoms with Crippen LogP contribution in [0.1, 0.15) is 47.8 Å². The van der Waals surface area contributed by atoms with Gasteiger partial charge in [-0.15, -0.1) is 0 Å². The van der Waals surface area contributed by atoms with E-state index in [0.717, 1.165) is 36.3 Å². The van der Waals surface area contributed by atoms with Crippen molar-refractivity contribution in [3.8, 4) is 23.1 Å². The van der Waals surface area contributed by atoms with Gasteiger partial charge in [0.1, 0.15) is 5.60 Å². The number of hydrogen-bond acceptors (Lipinski definition) is 6. The maximum absolute atomic E-state index is 12.3. The molecule has 0 spiro atoms. The van der Waals surface area contributed by atoms with E-state index in [-0.39, 0.29) is 6.09 Å². The first-order valence-corrected chi connectivity index (χ1v) is 12.5. The number of nitrogens with zero attached hydrogens (tertiary/aromatic N) is 3. The highest BCUT2D eigenvalue weighted by Crippen LogP contribution is 2.19. The minimum atomic E-state index is -0.581. The fourth-order valence-corrected chi connectivity index (χ4v) is 4.03. The zero-order valence-corrected chi connectivity index (χ0v) is 21.9. The smallest absolute Gasteiger partial charge is 0.410 e. The highest BCUT2D eigenvalue weighted by atomic mass is 16.6. The van der Waals surface area contributed by atoms with Crippen LogP contribution in [0.4, 0.5) is 4.79 Å². The van der Waals surface area contributed by atoms with Crippen LogP contribution in [-0.2, 0) is 11.3 Å². The van der Waals surface area contributed by atoms with E-state index in [1.54, 1.807) is 16.4 Å². The first-order valence-electron chi connectivity index (χ1n) is 12.5. The lowest BCUT2D eigenvalue weighted by molar-refractivity contribution is 0.0139. The van der Waals surface area contributed by atoms with Gasteiger partial charge >= 0.3 is 6.09 Å². The van der Waals surface area contributed by atoms with Crippen molar-refractivity contribution in [2.75, 3.05) is 26.2 Å². The molecule has 3 aromatic rings. The SMILES string of the molecule is CC(C)(C)OC(=O)N1CCN(Cc2ccc(C#Cc3ccc(-c4cc(C(=O)NO)ccn4)cc3)cc2)CC1. The molecule has 1 aromatic heterocycles. The second kappa shape index (κ2) is 11.9. The summed E-state index contributed by atoms with van der Waals surface area (Å²) in [7, 11) is 0. The topological polar surface area (TPSA) is 95.0 Å². The van der Waals surface area contributed by atoms with Gasteiger partial charge in [-0.1, -0.05) is 36.1 Å². The van der Waals surface area contributed by atoms with Gasteiger partial charge in [0.15, 0.2) is 0 Å². The molecule has 2 amide bonds. The molecule has 0 bridgehead atoms. The van der Waals surface area contributed by atoms with Crippen LogP contribution in [0.3, 0.4) is 0 Å². The highest BCUT2D eigenvalue weighted by Gasteiger charge is 2.25. The summed E-state index contributed by atoms with van der Waals surface area (Å²) in [4.78, 5) is 32.3. The standard InChI is InChI=1S/C30H32N4O4/c1-30(2,3)38-29(36)34-18-16-33(17-19-34)21-24-8-6-22(7-9-24)4-5-23-10-12-25(13-11-23)27-20-26(14-15-31-27)28(35)32-37/h6-15,20,37H,16-19,21H2,1-3H3,(H,32,35). The van der Waals surface area contributed by atoms with Crippen LogP contribution < -0.4 is 5.48 Å². The molecule has 0 saturated carbocycles. The Morgan fingerprint density at radius 3 is 2.13 bits per heavy atom. The second-order valence-corrected chi connectivity index (χ2v) is 10.1. The summed E-state index contributed by atoms with van der Waals surface area (Å²) in [5, 5.41) is 8.83. The number of benzene rings is 2. The van der Waals surface area contributed by atoms with Crippen LogP contribution in [0.15, 0.2) is 66.9 Å². The van der Waals surface area contributed by atoms with Gasteiger partial charge < -0.3 is 9.64 Å². The van der Waals surface area contributed by atoms with Crippen LogP contribution in [0.2, 0.25) is 0 Å². The molecule has 0 radical (unpaired) electrons. The Morgan fingerprint density at radius 2 is 1.55 bits per heavy atom. The van der Waals surface area contributed by atoms with Crippen LogP contribution in [0.25, 0.3) is 11.3 Å². The fraction of sp³-hybridized carbons (Fsp3) is 0.300. The molecule has 1 saturated heterocycles. The van der Waals surface area contributed by atoms with Crippen molar-refractivity contribution in [1.82, 2.24) is 20.3 Å². The van der Waals surface area contributed by atoms with Gasteiger partial charge in [-0.05, 0) is 62.7 Å². The number of hydroxylamine groups is 1. The predicted octanol–water partition coefficient (Wildman–Crippen LogP) is 4.32. The number of hydrogen-bond donors (Lipinski definition) is 2. The molecule has 8 heteroatoms. The number of amides is 2. The molecule has 0 aliphatic carbocycles. The van der Waals surface area contributed by atoms with Crippen molar-refractivity contribution in [3.05, 3.63) is 89.1 Å². The van der Waals surface area contributed by atoms with Gasteiger partial charge in [0.25, 0.3) is 5.91 Å². The molecule has 8 nitrogen and oxygen atoms in total. The molecular formula is C30H32N4O4. The summed E-state index contributed by atoms with van der Waals surface area (Å²) in [6, 6.07) is 19.0. The normalized spacial score (nSPS) is 13.8. The number of aromatic nitrogens is 1. The average molecular weight is 513 g/mol. The molecule has 2 N–H and O–H groups in total. The van der Waals surface area contributed by atoms with Crippen molar-refractivity contribution in [2.45, 2.75) is 32.9 Å². The van der Waals surface area contributed by atoms with Crippen LogP contribution in [-0.4, -0.2) is 63.8 Å². The Kier molecular flexibility index (Phi) is 8.41. The zero-order chi connectivity index (χ0) is 27.1. The van der Waals surface area contributed by atoms with E-state index >= 15 is 0 Å². The monoisotopic (exact) mass is 512 g/mol. The molecule has 1 fully saturated rings. The summed E-state index contributed by atoms with van der Waals surface area (Å²) in [6.07, 6.45) is 1.29. The van der Waals surface area contributed by atoms with E-state index < -0.39 is 11.5 Å². The number of piperazine rings is 1. The Balaban J connectivity index is 1.30. The molecule has 196 valence electrons. The van der Waals surface area contributed by atoms with Gasteiger partial charge in [0.05, 0.1) is 5.69 Å². The number of carbonyl (C=O) groups is 2. The maximum atomic E-state index is 12.3. The van der Waals surface area contributed by atoms with E-state index in [9.17, 15) is 9.59 Å². The number of ether oxygens (including phenoxy) is 1. The highest BCUT2D eigenvalue weighted by molar-refractivity contribution is 5.94. The number of pyridine rings is 1. The minimum absolute atomic E-state index is 0.243. The molecule has 2 aromatic carbocycles. The van der Waals surface area contributed by atoms with E-state index in [1.165, 1.54) is 17.8 Å². The Labute approximate surface area is 223 Å². The molecule has 38 heavy (non-hydrogen) atoms. The van der Waals surface area contributed by atoms with Crippen molar-refractivity contribution in [3.63, 3.8) is 0 Å². The maximum Gasteiger partial charge on any atom is 0.410 e. The Morgan fingerprint density at radius 1 is 0.947 bits per heavy atom. The zero-order valence-electron chi connectivity index (χ0n) is 21.9. The summed E-state index contributed by atoms with van der Waals surface area (Å²) in [5.41, 5.74) is 5.96. The van der Waals surface area contributed by atoms with Crippen molar-refractivity contribution < 1.29 is 19.5 Å². The molecule has 1 aliphatic rings. The first-order chi connectivity index (χ1) is 18.2. The third-order valence-corrected chi connectivity index (χ3v) is 6.04. The molecule has 0 unspecified atom stereocenters. The van der Waals surface area contributed by atoms with E-state index in [0.29, 0.717) is 24.3 Å². The molecule has 4 rings (SSSR count). The lowest BCUT2D eigenvalue weighted by atomic mass is 10.1. The lowest BCUT2D eigenvalue weighted by Gasteiger charge is -2.35. The minimum Gasteiger partial charge on any atom is -0.444 e. The van der Waals surface area contributed by atoms with Gasteiger partial charge in [-0.25, -0.2) is 10.3 Å². The van der Waals surface area contributed by atoms with Crippen LogP contribution >= 0.6 is 0 Å².